The Labute approximate surface area is 226 Å². The van der Waals surface area contributed by atoms with E-state index in [4.69, 9.17) is 11.6 Å². The van der Waals surface area contributed by atoms with Crippen LogP contribution < -0.4 is 16.1 Å². The van der Waals surface area contributed by atoms with Gasteiger partial charge in [0, 0.05) is 39.2 Å². The lowest BCUT2D eigenvalue weighted by molar-refractivity contribution is -0.120. The van der Waals surface area contributed by atoms with Gasteiger partial charge in [-0.2, -0.15) is 10.6 Å². The number of carbonyl (C=O) groups excluding carboxylic acids is 2. The zero-order valence-corrected chi connectivity index (χ0v) is 20.9. The van der Waals surface area contributed by atoms with Crippen LogP contribution in [0.4, 0.5) is 10.1 Å². The van der Waals surface area contributed by atoms with E-state index in [1.165, 1.54) is 24.5 Å². The molecular formula is C28H20ClFN6O3. The molecule has 6 rings (SSSR count). The number of hydroxylamine groups is 1. The number of halogens is 2. The van der Waals surface area contributed by atoms with Gasteiger partial charge in [-0.25, -0.2) is 13.9 Å². The highest BCUT2D eigenvalue weighted by Crippen LogP contribution is 2.42. The fourth-order valence-electron chi connectivity index (χ4n) is 4.79. The molecule has 3 aromatic carbocycles. The summed E-state index contributed by atoms with van der Waals surface area (Å²) in [5.74, 6) is -1.50. The fraction of sp³-hybridized carbons (Fsp3) is 0.0714. The van der Waals surface area contributed by atoms with Gasteiger partial charge in [0.15, 0.2) is 5.65 Å². The molecule has 0 radical (unpaired) electrons. The zero-order chi connectivity index (χ0) is 27.1. The normalized spacial score (nSPS) is 15.2. The summed E-state index contributed by atoms with van der Waals surface area (Å²) >= 11 is 6.41. The predicted octanol–water partition coefficient (Wildman–Crippen LogP) is 4.68. The molecule has 2 aromatic heterocycles. The second-order valence-corrected chi connectivity index (χ2v) is 9.41. The number of fused-ring (bicyclic) bond motifs is 2. The fourth-order valence-corrected chi connectivity index (χ4v) is 5.02. The Morgan fingerprint density at radius 2 is 1.90 bits per heavy atom. The van der Waals surface area contributed by atoms with Crippen molar-refractivity contribution in [3.05, 3.63) is 118 Å². The molecule has 39 heavy (non-hydrogen) atoms. The lowest BCUT2D eigenvalue weighted by Gasteiger charge is -2.21. The van der Waals surface area contributed by atoms with Crippen LogP contribution in [0.1, 0.15) is 39.1 Å². The van der Waals surface area contributed by atoms with E-state index in [9.17, 15) is 19.2 Å². The first-order valence-corrected chi connectivity index (χ1v) is 12.3. The van der Waals surface area contributed by atoms with E-state index < -0.39 is 29.7 Å². The Bertz CT molecular complexity index is 1740. The van der Waals surface area contributed by atoms with E-state index in [1.807, 2.05) is 6.07 Å². The molecule has 2 atom stereocenters. The average Bonchev–Trinajstić information content (AvgIpc) is 3.55. The van der Waals surface area contributed by atoms with E-state index in [0.717, 1.165) is 0 Å². The molecule has 4 N–H and O–H groups in total. The lowest BCUT2D eigenvalue weighted by Crippen LogP contribution is -2.31. The van der Waals surface area contributed by atoms with Crippen LogP contribution in [0.2, 0.25) is 5.02 Å². The number of hydrogen-bond acceptors (Lipinski definition) is 6. The minimum atomic E-state index is -1.10. The summed E-state index contributed by atoms with van der Waals surface area (Å²) in [7, 11) is 0. The van der Waals surface area contributed by atoms with E-state index >= 15 is 0 Å². The van der Waals surface area contributed by atoms with E-state index in [-0.39, 0.29) is 5.02 Å². The number of amides is 2. The number of anilines is 1. The quantitative estimate of drug-likeness (QED) is 0.231. The molecule has 0 saturated heterocycles. The van der Waals surface area contributed by atoms with Crippen LogP contribution in [0.3, 0.4) is 0 Å². The van der Waals surface area contributed by atoms with Crippen LogP contribution in [0.25, 0.3) is 16.8 Å². The summed E-state index contributed by atoms with van der Waals surface area (Å²) in [4.78, 5) is 30.8. The SMILES string of the molecule is O=C1NC(c2cc(F)ccc2Cl)c2c(NC(=O)C(NO)c3ccccc3)cc(-c3ccc4ncnn4c3)cc21. The summed E-state index contributed by atoms with van der Waals surface area (Å²) < 4.78 is 15.8. The predicted molar refractivity (Wildman–Crippen MR) is 142 cm³/mol. The van der Waals surface area contributed by atoms with Crippen molar-refractivity contribution in [1.29, 1.82) is 0 Å². The van der Waals surface area contributed by atoms with Crippen molar-refractivity contribution in [3.63, 3.8) is 0 Å². The molecule has 5 aromatic rings. The zero-order valence-electron chi connectivity index (χ0n) is 20.1. The number of pyridine rings is 1. The molecule has 2 amide bonds. The Kier molecular flexibility index (Phi) is 6.27. The third-order valence-corrected chi connectivity index (χ3v) is 6.99. The summed E-state index contributed by atoms with van der Waals surface area (Å²) in [6, 6.07) is 17.7. The van der Waals surface area contributed by atoms with Gasteiger partial charge in [-0.15, -0.1) is 0 Å². The third kappa shape index (κ3) is 4.50. The smallest absolute Gasteiger partial charge is 0.252 e. The first kappa shape index (κ1) is 24.7. The summed E-state index contributed by atoms with van der Waals surface area (Å²) in [5.41, 5.74) is 5.92. The third-order valence-electron chi connectivity index (χ3n) is 6.65. The molecule has 0 spiro atoms. The average molecular weight is 543 g/mol. The van der Waals surface area contributed by atoms with Gasteiger partial charge in [-0.3, -0.25) is 9.59 Å². The number of nitrogens with one attached hydrogen (secondary N) is 3. The molecule has 0 bridgehead atoms. The van der Waals surface area contributed by atoms with Crippen molar-refractivity contribution in [2.45, 2.75) is 12.1 Å². The molecule has 1 aliphatic heterocycles. The summed E-state index contributed by atoms with van der Waals surface area (Å²) in [5, 5.41) is 20.0. The molecule has 194 valence electrons. The molecule has 11 heteroatoms. The van der Waals surface area contributed by atoms with Crippen molar-refractivity contribution in [2.24, 2.45) is 0 Å². The van der Waals surface area contributed by atoms with Crippen molar-refractivity contribution in [2.75, 3.05) is 5.32 Å². The molecule has 0 fully saturated rings. The molecular weight excluding hydrogens is 523 g/mol. The van der Waals surface area contributed by atoms with Gasteiger partial charge in [0.1, 0.15) is 18.2 Å². The van der Waals surface area contributed by atoms with Crippen LogP contribution in [-0.4, -0.2) is 31.6 Å². The van der Waals surface area contributed by atoms with Gasteiger partial charge >= 0.3 is 0 Å². The maximum atomic E-state index is 14.2. The maximum Gasteiger partial charge on any atom is 0.252 e. The van der Waals surface area contributed by atoms with Gasteiger partial charge in [0.2, 0.25) is 5.91 Å². The second kappa shape index (κ2) is 9.91. The summed E-state index contributed by atoms with van der Waals surface area (Å²) in [6.07, 6.45) is 3.19. The standard InChI is InChI=1S/C28H20ClFN6O3/c29-21-8-7-18(30)12-19(21)26-24-20(27(37)34-26)10-17(16-6-9-23-31-14-32-36(23)13-16)11-22(24)33-28(38)25(35-39)15-4-2-1-3-5-15/h1-14,25-26,35,39H,(H,33,38)(H,34,37). The van der Waals surface area contributed by atoms with Crippen LogP contribution in [0, 0.1) is 5.82 Å². The summed E-state index contributed by atoms with van der Waals surface area (Å²) in [6.45, 7) is 0. The molecule has 2 unspecified atom stereocenters. The van der Waals surface area contributed by atoms with E-state index in [1.54, 1.807) is 59.2 Å². The van der Waals surface area contributed by atoms with Crippen molar-refractivity contribution in [3.8, 4) is 11.1 Å². The largest absolute Gasteiger partial charge is 0.341 e. The molecule has 3 heterocycles. The minimum absolute atomic E-state index is 0.256. The maximum absolute atomic E-state index is 14.2. The monoisotopic (exact) mass is 542 g/mol. The van der Waals surface area contributed by atoms with Crippen LogP contribution in [0.5, 0.6) is 0 Å². The van der Waals surface area contributed by atoms with Crippen molar-refractivity contribution < 1.29 is 19.2 Å². The number of nitrogens with zero attached hydrogens (tertiary/aromatic N) is 3. The van der Waals surface area contributed by atoms with Crippen molar-refractivity contribution >= 4 is 34.7 Å². The molecule has 0 aliphatic carbocycles. The highest BCUT2D eigenvalue weighted by molar-refractivity contribution is 6.31. The molecule has 9 nitrogen and oxygen atoms in total. The molecule has 1 aliphatic rings. The Morgan fingerprint density at radius 1 is 1.08 bits per heavy atom. The number of aromatic nitrogens is 3. The number of rotatable bonds is 6. The van der Waals surface area contributed by atoms with E-state index in [2.05, 4.69) is 26.2 Å². The Morgan fingerprint density at radius 3 is 2.69 bits per heavy atom. The second-order valence-electron chi connectivity index (χ2n) is 9.00. The van der Waals surface area contributed by atoms with Gasteiger partial charge in [0.05, 0.1) is 6.04 Å². The van der Waals surface area contributed by atoms with E-state index in [0.29, 0.717) is 44.7 Å². The number of benzene rings is 3. The van der Waals surface area contributed by atoms with Crippen LogP contribution in [0.15, 0.2) is 85.3 Å². The Balaban J connectivity index is 1.50. The van der Waals surface area contributed by atoms with Gasteiger partial charge in [-0.1, -0.05) is 41.9 Å². The number of hydrogen-bond donors (Lipinski definition) is 4. The highest BCUT2D eigenvalue weighted by atomic mass is 35.5. The van der Waals surface area contributed by atoms with Gasteiger partial charge in [0.25, 0.3) is 5.91 Å². The van der Waals surface area contributed by atoms with Crippen molar-refractivity contribution in [1.82, 2.24) is 25.4 Å². The minimum Gasteiger partial charge on any atom is -0.341 e. The Hall–Kier alpha value is -4.64. The van der Waals surface area contributed by atoms with Crippen LogP contribution in [-0.2, 0) is 4.79 Å². The number of carbonyl (C=O) groups is 2. The van der Waals surface area contributed by atoms with Gasteiger partial charge < -0.3 is 15.8 Å². The first-order valence-electron chi connectivity index (χ1n) is 11.9. The van der Waals surface area contributed by atoms with Crippen LogP contribution >= 0.6 is 11.6 Å². The van der Waals surface area contributed by atoms with Gasteiger partial charge in [-0.05, 0) is 53.6 Å². The highest BCUT2D eigenvalue weighted by Gasteiger charge is 2.35. The topological polar surface area (TPSA) is 121 Å². The first-order chi connectivity index (χ1) is 18.9. The lowest BCUT2D eigenvalue weighted by atomic mass is 9.92. The molecule has 0 saturated carbocycles.